The summed E-state index contributed by atoms with van der Waals surface area (Å²) < 4.78 is 5.21. The maximum Gasteiger partial charge on any atom is 0.343 e. The monoisotopic (exact) mass is 366 g/mol. The van der Waals surface area contributed by atoms with Crippen molar-refractivity contribution in [3.8, 4) is 5.75 Å². The van der Waals surface area contributed by atoms with Crippen LogP contribution in [0.4, 0.5) is 11.4 Å². The van der Waals surface area contributed by atoms with Crippen molar-refractivity contribution in [2.75, 3.05) is 0 Å². The molecule has 0 unspecified atom stereocenters. The summed E-state index contributed by atoms with van der Waals surface area (Å²) in [5.41, 5.74) is -0.554. The van der Waals surface area contributed by atoms with E-state index in [1.165, 1.54) is 30.3 Å². The van der Waals surface area contributed by atoms with Crippen molar-refractivity contribution in [3.05, 3.63) is 72.7 Å². The minimum absolute atomic E-state index is 0.0234. The number of carbonyl (C=O) groups is 1. The minimum Gasteiger partial charge on any atom is -0.423 e. The van der Waals surface area contributed by atoms with Crippen LogP contribution >= 0.6 is 15.9 Å². The summed E-state index contributed by atoms with van der Waals surface area (Å²) in [6.45, 7) is 0. The van der Waals surface area contributed by atoms with E-state index in [-0.39, 0.29) is 27.2 Å². The minimum atomic E-state index is -0.851. The molecular weight excluding hydrogens is 360 g/mol. The number of benzene rings is 2. The highest BCUT2D eigenvalue weighted by atomic mass is 79.9. The Morgan fingerprint density at radius 3 is 2.41 bits per heavy atom. The van der Waals surface area contributed by atoms with Crippen LogP contribution in [0.1, 0.15) is 10.4 Å². The molecule has 0 heterocycles. The van der Waals surface area contributed by atoms with E-state index in [0.717, 1.165) is 12.1 Å². The van der Waals surface area contributed by atoms with E-state index >= 15 is 0 Å². The first kappa shape index (κ1) is 15.6. The van der Waals surface area contributed by atoms with Crippen molar-refractivity contribution in [1.29, 1.82) is 0 Å². The average molecular weight is 367 g/mol. The van der Waals surface area contributed by atoms with Gasteiger partial charge in [-0.15, -0.1) is 0 Å². The Morgan fingerprint density at radius 2 is 1.77 bits per heavy atom. The molecule has 2 aromatic rings. The topological polar surface area (TPSA) is 113 Å². The molecule has 0 aliphatic rings. The molecule has 8 nitrogen and oxygen atoms in total. The van der Waals surface area contributed by atoms with Crippen LogP contribution in [-0.4, -0.2) is 15.8 Å². The molecule has 9 heteroatoms. The second-order valence-corrected chi connectivity index (χ2v) is 4.92. The highest BCUT2D eigenvalue weighted by Gasteiger charge is 2.18. The molecule has 0 spiro atoms. The molecule has 0 atom stereocenters. The number of ether oxygens (including phenoxy) is 1. The van der Waals surface area contributed by atoms with Crippen molar-refractivity contribution < 1.29 is 19.4 Å². The molecule has 0 amide bonds. The third-order valence-corrected chi connectivity index (χ3v) is 3.29. The van der Waals surface area contributed by atoms with Crippen LogP contribution in [0.5, 0.6) is 5.75 Å². The van der Waals surface area contributed by atoms with Crippen LogP contribution in [0, 0.1) is 20.2 Å². The van der Waals surface area contributed by atoms with E-state index in [1.54, 1.807) is 0 Å². The van der Waals surface area contributed by atoms with Gasteiger partial charge in [-0.1, -0.05) is 6.07 Å². The Balaban J connectivity index is 2.26. The fourth-order valence-corrected chi connectivity index (χ4v) is 2.00. The van der Waals surface area contributed by atoms with Crippen LogP contribution in [0.15, 0.2) is 46.9 Å². The number of halogens is 1. The van der Waals surface area contributed by atoms with Crippen molar-refractivity contribution in [2.45, 2.75) is 0 Å². The zero-order valence-corrected chi connectivity index (χ0v) is 12.3. The fraction of sp³-hybridized carbons (Fsp3) is 0. The smallest absolute Gasteiger partial charge is 0.343 e. The number of nitro benzene ring substituents is 2. The van der Waals surface area contributed by atoms with E-state index in [2.05, 4.69) is 15.9 Å². The molecule has 22 heavy (non-hydrogen) atoms. The molecule has 0 bridgehead atoms. The van der Waals surface area contributed by atoms with Gasteiger partial charge in [-0.3, -0.25) is 20.2 Å². The standard InChI is InChI=1S/C13H7BrN2O6/c14-11-5-4-8(6-12(11)16(20)21)13(17)22-10-3-1-2-9(7-10)15(18)19/h1-7H. The first-order chi connectivity index (χ1) is 10.4. The lowest BCUT2D eigenvalue weighted by Gasteiger charge is -2.04. The number of non-ortho nitro benzene ring substituents is 1. The SMILES string of the molecule is O=C(Oc1cccc([N+](=O)[O-])c1)c1ccc(Br)c([N+](=O)[O-])c1. The van der Waals surface area contributed by atoms with Crippen molar-refractivity contribution in [3.63, 3.8) is 0 Å². The number of carbonyl (C=O) groups excluding carboxylic acids is 1. The third-order valence-electron chi connectivity index (χ3n) is 2.62. The lowest BCUT2D eigenvalue weighted by atomic mass is 10.2. The van der Waals surface area contributed by atoms with Gasteiger partial charge in [0.1, 0.15) is 5.75 Å². The average Bonchev–Trinajstić information content (AvgIpc) is 2.47. The fourth-order valence-electron chi connectivity index (χ4n) is 1.61. The van der Waals surface area contributed by atoms with Crippen molar-refractivity contribution >= 4 is 33.3 Å². The maximum absolute atomic E-state index is 12.0. The Hall–Kier alpha value is -2.81. The largest absolute Gasteiger partial charge is 0.423 e. The second kappa shape index (κ2) is 6.31. The second-order valence-electron chi connectivity index (χ2n) is 4.07. The molecule has 0 saturated carbocycles. The quantitative estimate of drug-likeness (QED) is 0.354. The molecule has 0 radical (unpaired) electrons. The van der Waals surface area contributed by atoms with E-state index in [1.807, 2.05) is 0 Å². The van der Waals surface area contributed by atoms with E-state index in [4.69, 9.17) is 4.74 Å². The molecule has 112 valence electrons. The zero-order chi connectivity index (χ0) is 16.3. The molecule has 0 saturated heterocycles. The third kappa shape index (κ3) is 3.44. The first-order valence-electron chi connectivity index (χ1n) is 5.79. The Morgan fingerprint density at radius 1 is 1.05 bits per heavy atom. The lowest BCUT2D eigenvalue weighted by Crippen LogP contribution is -2.09. The summed E-state index contributed by atoms with van der Waals surface area (Å²) >= 11 is 3.00. The number of rotatable bonds is 4. The summed E-state index contributed by atoms with van der Waals surface area (Å²) in [5.74, 6) is -0.874. The number of nitrogens with zero attached hydrogens (tertiary/aromatic N) is 2. The molecule has 0 fully saturated rings. The normalized spacial score (nSPS) is 10.0. The van der Waals surface area contributed by atoms with Crippen molar-refractivity contribution in [1.82, 2.24) is 0 Å². The van der Waals surface area contributed by atoms with Gasteiger partial charge in [0.05, 0.1) is 25.9 Å². The number of hydrogen-bond acceptors (Lipinski definition) is 6. The van der Waals surface area contributed by atoms with Gasteiger partial charge in [-0.05, 0) is 34.1 Å². The lowest BCUT2D eigenvalue weighted by molar-refractivity contribution is -0.385. The van der Waals surface area contributed by atoms with E-state index in [9.17, 15) is 25.0 Å². The summed E-state index contributed by atoms with van der Waals surface area (Å²) in [5, 5.41) is 21.5. The van der Waals surface area contributed by atoms with Crippen LogP contribution in [0.25, 0.3) is 0 Å². The maximum atomic E-state index is 12.0. The summed E-state index contributed by atoms with van der Waals surface area (Å²) in [7, 11) is 0. The Bertz CT molecular complexity index is 777. The number of hydrogen-bond donors (Lipinski definition) is 0. The summed E-state index contributed by atoms with van der Waals surface area (Å²) in [4.78, 5) is 32.2. The summed E-state index contributed by atoms with van der Waals surface area (Å²) in [6.07, 6.45) is 0. The van der Waals surface area contributed by atoms with Gasteiger partial charge in [-0.25, -0.2) is 4.79 Å². The first-order valence-corrected chi connectivity index (χ1v) is 6.58. The molecule has 0 N–H and O–H groups in total. The van der Waals surface area contributed by atoms with Gasteiger partial charge in [-0.2, -0.15) is 0 Å². The van der Waals surface area contributed by atoms with Gasteiger partial charge >= 0.3 is 5.97 Å². The number of nitro groups is 2. The van der Waals surface area contributed by atoms with Gasteiger partial charge in [0, 0.05) is 12.1 Å². The van der Waals surface area contributed by atoms with Crippen LogP contribution in [-0.2, 0) is 0 Å². The molecule has 0 aliphatic carbocycles. The predicted octanol–water partition coefficient (Wildman–Crippen LogP) is 3.48. The summed E-state index contributed by atoms with van der Waals surface area (Å²) in [6, 6.07) is 8.83. The van der Waals surface area contributed by atoms with E-state index in [0.29, 0.717) is 0 Å². The Labute approximate surface area is 131 Å². The van der Waals surface area contributed by atoms with Crippen LogP contribution < -0.4 is 4.74 Å². The molecule has 2 aromatic carbocycles. The van der Waals surface area contributed by atoms with Gasteiger partial charge < -0.3 is 4.74 Å². The van der Waals surface area contributed by atoms with Gasteiger partial charge in [0.25, 0.3) is 11.4 Å². The van der Waals surface area contributed by atoms with Crippen LogP contribution in [0.3, 0.4) is 0 Å². The zero-order valence-electron chi connectivity index (χ0n) is 10.8. The van der Waals surface area contributed by atoms with Crippen LogP contribution in [0.2, 0.25) is 0 Å². The molecule has 0 aromatic heterocycles. The van der Waals surface area contributed by atoms with Gasteiger partial charge in [0.15, 0.2) is 0 Å². The molecule has 2 rings (SSSR count). The van der Waals surface area contributed by atoms with E-state index < -0.39 is 15.8 Å². The van der Waals surface area contributed by atoms with Crippen molar-refractivity contribution in [2.24, 2.45) is 0 Å². The molecular formula is C13H7BrN2O6. The highest BCUT2D eigenvalue weighted by Crippen LogP contribution is 2.26. The number of esters is 1. The van der Waals surface area contributed by atoms with Gasteiger partial charge in [0.2, 0.25) is 0 Å². The highest BCUT2D eigenvalue weighted by molar-refractivity contribution is 9.10. The predicted molar refractivity (Wildman–Crippen MR) is 78.9 cm³/mol. The molecule has 0 aliphatic heterocycles. The Kier molecular flexibility index (Phi) is 4.47.